The highest BCUT2D eigenvalue weighted by Crippen LogP contribution is 2.37. The number of rotatable bonds is 4. The Balaban J connectivity index is 1.54. The molecule has 17 heavy (non-hydrogen) atoms. The molecule has 92 valence electrons. The van der Waals surface area contributed by atoms with Crippen molar-refractivity contribution in [1.82, 2.24) is 20.5 Å². The summed E-state index contributed by atoms with van der Waals surface area (Å²) in [6.07, 6.45) is 4.34. The van der Waals surface area contributed by atoms with Crippen LogP contribution in [0.15, 0.2) is 0 Å². The summed E-state index contributed by atoms with van der Waals surface area (Å²) in [5.41, 5.74) is 0. The van der Waals surface area contributed by atoms with E-state index in [0.717, 1.165) is 31.5 Å². The summed E-state index contributed by atoms with van der Waals surface area (Å²) in [6.45, 7) is 0. The van der Waals surface area contributed by atoms with Crippen LogP contribution in [-0.4, -0.2) is 40.3 Å². The average Bonchev–Trinajstić information content (AvgIpc) is 3.01. The Morgan fingerprint density at radius 3 is 2.88 bits per heavy atom. The number of hydrogen-bond acceptors (Lipinski definition) is 4. The van der Waals surface area contributed by atoms with Gasteiger partial charge in [0.2, 0.25) is 5.82 Å². The molecule has 1 aromatic rings. The van der Waals surface area contributed by atoms with Crippen molar-refractivity contribution >= 4 is 5.91 Å². The normalized spacial score (nSPS) is 27.6. The van der Waals surface area contributed by atoms with Gasteiger partial charge in [0.05, 0.1) is 6.10 Å². The smallest absolute Gasteiger partial charge is 0.291 e. The van der Waals surface area contributed by atoms with Gasteiger partial charge in [0.15, 0.2) is 0 Å². The lowest BCUT2D eigenvalue weighted by molar-refractivity contribution is 0.0174. The Morgan fingerprint density at radius 2 is 2.24 bits per heavy atom. The number of methoxy groups -OCH3 is 1. The Bertz CT molecular complexity index is 421. The highest BCUT2D eigenvalue weighted by molar-refractivity contribution is 5.90. The van der Waals surface area contributed by atoms with Gasteiger partial charge in [-0.3, -0.25) is 9.89 Å². The zero-order valence-corrected chi connectivity index (χ0v) is 9.77. The monoisotopic (exact) mass is 236 g/mol. The summed E-state index contributed by atoms with van der Waals surface area (Å²) in [7, 11) is 1.69. The minimum Gasteiger partial charge on any atom is -0.381 e. The molecule has 1 amide bonds. The Labute approximate surface area is 99.1 Å². The van der Waals surface area contributed by atoms with Crippen LogP contribution in [0.1, 0.15) is 48.0 Å². The van der Waals surface area contributed by atoms with Gasteiger partial charge in [-0.1, -0.05) is 0 Å². The molecule has 2 fully saturated rings. The number of H-pyrrole nitrogens is 1. The molecule has 0 aliphatic heterocycles. The van der Waals surface area contributed by atoms with Gasteiger partial charge in [-0.15, -0.1) is 5.10 Å². The van der Waals surface area contributed by atoms with Crippen LogP contribution in [0.25, 0.3) is 0 Å². The van der Waals surface area contributed by atoms with Gasteiger partial charge >= 0.3 is 0 Å². The van der Waals surface area contributed by atoms with E-state index in [4.69, 9.17) is 4.74 Å². The fourth-order valence-electron chi connectivity index (χ4n) is 2.04. The molecule has 6 heteroatoms. The van der Waals surface area contributed by atoms with Gasteiger partial charge in [-0.25, -0.2) is 4.98 Å². The Morgan fingerprint density at radius 1 is 1.47 bits per heavy atom. The molecule has 2 aliphatic rings. The van der Waals surface area contributed by atoms with Crippen molar-refractivity contribution in [3.63, 3.8) is 0 Å². The van der Waals surface area contributed by atoms with Crippen LogP contribution in [-0.2, 0) is 4.74 Å². The number of nitrogens with one attached hydrogen (secondary N) is 2. The van der Waals surface area contributed by atoms with Crippen LogP contribution < -0.4 is 5.32 Å². The van der Waals surface area contributed by atoms with Crippen molar-refractivity contribution in [2.24, 2.45) is 0 Å². The zero-order valence-electron chi connectivity index (χ0n) is 9.77. The quantitative estimate of drug-likeness (QED) is 0.801. The van der Waals surface area contributed by atoms with Gasteiger partial charge in [0.25, 0.3) is 5.91 Å². The molecule has 3 rings (SSSR count). The van der Waals surface area contributed by atoms with Gasteiger partial charge in [-0.05, 0) is 25.7 Å². The minimum absolute atomic E-state index is 0.187. The predicted molar refractivity (Wildman–Crippen MR) is 59.6 cm³/mol. The molecule has 6 nitrogen and oxygen atoms in total. The van der Waals surface area contributed by atoms with E-state index in [9.17, 15) is 4.79 Å². The molecule has 0 unspecified atom stereocenters. The minimum atomic E-state index is -0.187. The number of carbonyl (C=O) groups excluding carboxylic acids is 1. The van der Waals surface area contributed by atoms with Crippen molar-refractivity contribution in [3.05, 3.63) is 11.6 Å². The lowest BCUT2D eigenvalue weighted by atomic mass is 9.89. The topological polar surface area (TPSA) is 79.9 Å². The van der Waals surface area contributed by atoms with Gasteiger partial charge < -0.3 is 10.1 Å². The number of hydrogen-bond donors (Lipinski definition) is 2. The van der Waals surface area contributed by atoms with E-state index in [2.05, 4.69) is 20.5 Å². The maximum atomic E-state index is 11.8. The van der Waals surface area contributed by atoms with E-state index in [-0.39, 0.29) is 23.9 Å². The molecule has 1 heterocycles. The highest BCUT2D eigenvalue weighted by atomic mass is 16.5. The number of ether oxygens (including phenoxy) is 1. The van der Waals surface area contributed by atoms with Gasteiger partial charge in [0.1, 0.15) is 5.82 Å². The second kappa shape index (κ2) is 4.10. The van der Waals surface area contributed by atoms with Crippen LogP contribution >= 0.6 is 0 Å². The molecule has 2 N–H and O–H groups in total. The first kappa shape index (κ1) is 10.7. The third kappa shape index (κ3) is 2.17. The van der Waals surface area contributed by atoms with E-state index in [1.807, 2.05) is 0 Å². The molecule has 0 radical (unpaired) electrons. The number of aromatic amines is 1. The Hall–Kier alpha value is -1.43. The first-order valence-corrected chi connectivity index (χ1v) is 6.02. The van der Waals surface area contributed by atoms with Crippen LogP contribution in [0, 0.1) is 0 Å². The number of amides is 1. The lowest BCUT2D eigenvalue weighted by Gasteiger charge is -2.34. The number of nitrogens with zero attached hydrogens (tertiary/aromatic N) is 2. The van der Waals surface area contributed by atoms with Crippen molar-refractivity contribution in [2.75, 3.05) is 7.11 Å². The second-order valence-electron chi connectivity index (χ2n) is 4.82. The predicted octanol–water partition coefficient (Wildman–Crippen LogP) is 0.589. The summed E-state index contributed by atoms with van der Waals surface area (Å²) >= 11 is 0. The molecule has 0 spiro atoms. The van der Waals surface area contributed by atoms with Crippen LogP contribution in [0.2, 0.25) is 0 Å². The fraction of sp³-hybridized carbons (Fsp3) is 0.727. The number of carbonyl (C=O) groups is 1. The summed E-state index contributed by atoms with van der Waals surface area (Å²) in [6, 6.07) is 0.204. The summed E-state index contributed by atoms with van der Waals surface area (Å²) in [5, 5.41) is 9.69. The first-order valence-electron chi connectivity index (χ1n) is 6.02. The fourth-order valence-corrected chi connectivity index (χ4v) is 2.04. The van der Waals surface area contributed by atoms with E-state index in [0.29, 0.717) is 5.92 Å². The summed E-state index contributed by atoms with van der Waals surface area (Å²) < 4.78 is 5.16. The second-order valence-corrected chi connectivity index (χ2v) is 4.82. The molecular weight excluding hydrogens is 220 g/mol. The average molecular weight is 236 g/mol. The van der Waals surface area contributed by atoms with E-state index in [1.54, 1.807) is 7.11 Å². The molecular formula is C11H16N4O2. The van der Waals surface area contributed by atoms with Gasteiger partial charge in [0, 0.05) is 19.1 Å². The third-order valence-corrected chi connectivity index (χ3v) is 3.43. The Kier molecular flexibility index (Phi) is 2.58. The first-order chi connectivity index (χ1) is 8.26. The molecule has 2 saturated carbocycles. The standard InChI is InChI=1S/C11H16N4O2/c1-17-8-4-7(5-8)12-11(16)10-13-9(14-15-10)6-2-3-6/h6-8H,2-5H2,1H3,(H,12,16)(H,13,14,15). The summed E-state index contributed by atoms with van der Waals surface area (Å²) in [4.78, 5) is 16.0. The van der Waals surface area contributed by atoms with Crippen molar-refractivity contribution in [2.45, 2.75) is 43.7 Å². The lowest BCUT2D eigenvalue weighted by Crippen LogP contribution is -2.47. The van der Waals surface area contributed by atoms with E-state index >= 15 is 0 Å². The third-order valence-electron chi connectivity index (χ3n) is 3.43. The van der Waals surface area contributed by atoms with Crippen molar-refractivity contribution in [1.29, 1.82) is 0 Å². The van der Waals surface area contributed by atoms with Crippen molar-refractivity contribution < 1.29 is 9.53 Å². The molecule has 0 bridgehead atoms. The van der Waals surface area contributed by atoms with E-state index in [1.165, 1.54) is 0 Å². The summed E-state index contributed by atoms with van der Waals surface area (Å²) in [5.74, 6) is 1.41. The van der Waals surface area contributed by atoms with Gasteiger partial charge in [-0.2, -0.15) is 0 Å². The molecule has 0 aromatic carbocycles. The number of aromatic nitrogens is 3. The molecule has 0 atom stereocenters. The van der Waals surface area contributed by atoms with Crippen LogP contribution in [0.4, 0.5) is 0 Å². The van der Waals surface area contributed by atoms with Crippen LogP contribution in [0.5, 0.6) is 0 Å². The molecule has 1 aromatic heterocycles. The largest absolute Gasteiger partial charge is 0.381 e. The SMILES string of the molecule is COC1CC(NC(=O)c2n[nH]c(C3CC3)n2)C1. The van der Waals surface area contributed by atoms with Crippen molar-refractivity contribution in [3.8, 4) is 0 Å². The van der Waals surface area contributed by atoms with E-state index < -0.39 is 0 Å². The highest BCUT2D eigenvalue weighted by Gasteiger charge is 2.32. The zero-order chi connectivity index (χ0) is 11.8. The maximum absolute atomic E-state index is 11.8. The maximum Gasteiger partial charge on any atom is 0.291 e. The van der Waals surface area contributed by atoms with Crippen LogP contribution in [0.3, 0.4) is 0 Å². The molecule has 0 saturated heterocycles. The molecule has 2 aliphatic carbocycles.